The summed E-state index contributed by atoms with van der Waals surface area (Å²) in [5.41, 5.74) is 6.01. The van der Waals surface area contributed by atoms with E-state index in [4.69, 9.17) is 0 Å². The van der Waals surface area contributed by atoms with Crippen molar-refractivity contribution >= 4 is 32.4 Å². The molecular weight excluding hydrogens is 386 g/mol. The third-order valence-electron chi connectivity index (χ3n) is 5.00. The molecule has 2 aromatic rings. The molecular formula is C22H25N3O3S. The number of rotatable bonds is 4. The highest BCUT2D eigenvalue weighted by atomic mass is 32.2. The van der Waals surface area contributed by atoms with Gasteiger partial charge in [0.1, 0.15) is 17.3 Å². The van der Waals surface area contributed by atoms with Crippen LogP contribution in [0.15, 0.2) is 47.0 Å². The predicted molar refractivity (Wildman–Crippen MR) is 117 cm³/mol. The Labute approximate surface area is 171 Å². The molecule has 0 saturated carbocycles. The first-order valence-electron chi connectivity index (χ1n) is 9.32. The van der Waals surface area contributed by atoms with E-state index in [1.54, 1.807) is 13.0 Å². The quantitative estimate of drug-likeness (QED) is 0.805. The number of hydrogen-bond donors (Lipinski definition) is 2. The van der Waals surface area contributed by atoms with E-state index in [1.165, 1.54) is 0 Å². The van der Waals surface area contributed by atoms with Gasteiger partial charge < -0.3 is 5.32 Å². The van der Waals surface area contributed by atoms with Crippen molar-refractivity contribution in [3.8, 4) is 0 Å². The molecule has 0 bridgehead atoms. The molecule has 0 saturated heterocycles. The van der Waals surface area contributed by atoms with E-state index in [1.807, 2.05) is 58.0 Å². The first-order chi connectivity index (χ1) is 13.6. The Morgan fingerprint density at radius 1 is 0.966 bits per heavy atom. The number of amides is 1. The van der Waals surface area contributed by atoms with Crippen LogP contribution in [0.4, 0.5) is 5.69 Å². The maximum Gasteiger partial charge on any atom is 0.264 e. The summed E-state index contributed by atoms with van der Waals surface area (Å²) in [5, 5.41) is 2.81. The summed E-state index contributed by atoms with van der Waals surface area (Å²) < 4.78 is 27.8. The highest BCUT2D eigenvalue weighted by molar-refractivity contribution is 8.00. The molecule has 1 aliphatic heterocycles. The van der Waals surface area contributed by atoms with E-state index in [2.05, 4.69) is 15.0 Å². The van der Waals surface area contributed by atoms with Gasteiger partial charge in [0.05, 0.1) is 0 Å². The number of amidine groups is 1. The van der Waals surface area contributed by atoms with E-state index in [0.29, 0.717) is 11.1 Å². The van der Waals surface area contributed by atoms with Crippen LogP contribution in [-0.2, 0) is 14.8 Å². The predicted octanol–water partition coefficient (Wildman–Crippen LogP) is 3.62. The van der Waals surface area contributed by atoms with Crippen molar-refractivity contribution in [2.24, 2.45) is 4.99 Å². The molecule has 29 heavy (non-hydrogen) atoms. The third kappa shape index (κ3) is 4.40. The molecule has 1 aliphatic rings. The average molecular weight is 412 g/mol. The van der Waals surface area contributed by atoms with E-state index < -0.39 is 10.0 Å². The Bertz CT molecular complexity index is 1160. The van der Waals surface area contributed by atoms with Crippen molar-refractivity contribution in [1.29, 1.82) is 0 Å². The molecule has 3 rings (SSSR count). The number of anilines is 1. The van der Waals surface area contributed by atoms with Gasteiger partial charge in [0, 0.05) is 11.3 Å². The molecule has 7 heteroatoms. The Hall–Kier alpha value is -2.93. The van der Waals surface area contributed by atoms with Crippen LogP contribution in [0.1, 0.15) is 34.7 Å². The lowest BCUT2D eigenvalue weighted by atomic mass is 10.0. The Morgan fingerprint density at radius 2 is 1.69 bits per heavy atom. The molecule has 6 nitrogen and oxygen atoms in total. The van der Waals surface area contributed by atoms with Crippen molar-refractivity contribution in [3.63, 3.8) is 0 Å². The van der Waals surface area contributed by atoms with Crippen LogP contribution in [0.3, 0.4) is 0 Å². The number of aryl methyl sites for hydroxylation is 4. The minimum absolute atomic E-state index is 0.178. The van der Waals surface area contributed by atoms with Crippen LogP contribution < -0.4 is 10.0 Å². The van der Waals surface area contributed by atoms with Gasteiger partial charge in [-0.2, -0.15) is 0 Å². The fourth-order valence-corrected chi connectivity index (χ4v) is 4.77. The minimum Gasteiger partial charge on any atom is -0.324 e. The Balaban J connectivity index is 1.83. The maximum atomic E-state index is 12.6. The first kappa shape index (κ1) is 20.8. The number of aliphatic imine (C=N–C) groups is 1. The zero-order chi connectivity index (χ0) is 21.3. The van der Waals surface area contributed by atoms with Gasteiger partial charge in [-0.1, -0.05) is 35.9 Å². The largest absolute Gasteiger partial charge is 0.324 e. The summed E-state index contributed by atoms with van der Waals surface area (Å²) >= 11 is 0. The number of hydrogen-bond acceptors (Lipinski definition) is 4. The summed E-state index contributed by atoms with van der Waals surface area (Å²) in [6, 6.07) is 11.3. The standard InChI is InChI=1S/C22H25N3O3S/c1-13-6-9-19(16(4)10-13)24-20(26)12-23-22-17(5)21(29(27,28)25-22)18-8-7-14(2)15(3)11-18/h6-11H,12H2,1-5H3,(H,23,25)(H,24,26). The Kier molecular flexibility index (Phi) is 5.61. The summed E-state index contributed by atoms with van der Waals surface area (Å²) in [4.78, 5) is 16.7. The van der Waals surface area contributed by atoms with Crippen molar-refractivity contribution < 1.29 is 13.2 Å². The van der Waals surface area contributed by atoms with Gasteiger partial charge in [0.2, 0.25) is 5.91 Å². The van der Waals surface area contributed by atoms with Crippen LogP contribution in [-0.4, -0.2) is 26.7 Å². The molecule has 0 unspecified atom stereocenters. The van der Waals surface area contributed by atoms with Crippen LogP contribution in [0.25, 0.3) is 4.91 Å². The van der Waals surface area contributed by atoms with Gasteiger partial charge in [-0.15, -0.1) is 0 Å². The van der Waals surface area contributed by atoms with Gasteiger partial charge in [-0.05, 0) is 62.9 Å². The van der Waals surface area contributed by atoms with Crippen molar-refractivity contribution in [3.05, 3.63) is 69.8 Å². The number of carbonyl (C=O) groups excluding carboxylic acids is 1. The molecule has 1 amide bonds. The zero-order valence-electron chi connectivity index (χ0n) is 17.3. The number of nitrogens with zero attached hydrogens (tertiary/aromatic N) is 1. The van der Waals surface area contributed by atoms with Gasteiger partial charge in [0.25, 0.3) is 10.0 Å². The fraction of sp³-hybridized carbons (Fsp3) is 0.273. The molecule has 0 radical (unpaired) electrons. The van der Waals surface area contributed by atoms with E-state index >= 15 is 0 Å². The van der Waals surface area contributed by atoms with Gasteiger partial charge in [-0.25, -0.2) is 8.42 Å². The highest BCUT2D eigenvalue weighted by Crippen LogP contribution is 2.30. The molecule has 0 fully saturated rings. The second-order valence-electron chi connectivity index (χ2n) is 7.39. The molecule has 2 aromatic carbocycles. The molecule has 1 heterocycles. The monoisotopic (exact) mass is 411 g/mol. The molecule has 0 aromatic heterocycles. The summed E-state index contributed by atoms with van der Waals surface area (Å²) in [5.74, 6) is -0.106. The number of sulfonamides is 1. The van der Waals surface area contributed by atoms with Crippen LogP contribution >= 0.6 is 0 Å². The summed E-state index contributed by atoms with van der Waals surface area (Å²) in [6.07, 6.45) is 0. The summed E-state index contributed by atoms with van der Waals surface area (Å²) in [6.45, 7) is 9.34. The number of nitrogens with one attached hydrogen (secondary N) is 2. The first-order valence-corrected chi connectivity index (χ1v) is 10.8. The number of carbonyl (C=O) groups is 1. The van der Waals surface area contributed by atoms with Crippen LogP contribution in [0.5, 0.6) is 0 Å². The molecule has 2 N–H and O–H groups in total. The molecule has 0 atom stereocenters. The van der Waals surface area contributed by atoms with Gasteiger partial charge >= 0.3 is 0 Å². The zero-order valence-corrected chi connectivity index (χ0v) is 18.1. The molecule has 0 spiro atoms. The Morgan fingerprint density at radius 3 is 2.34 bits per heavy atom. The minimum atomic E-state index is -3.72. The highest BCUT2D eigenvalue weighted by Gasteiger charge is 2.32. The lowest BCUT2D eigenvalue weighted by Gasteiger charge is -2.08. The van der Waals surface area contributed by atoms with Gasteiger partial charge in [0.15, 0.2) is 0 Å². The van der Waals surface area contributed by atoms with E-state index in [9.17, 15) is 13.2 Å². The summed E-state index contributed by atoms with van der Waals surface area (Å²) in [7, 11) is -3.72. The fourth-order valence-electron chi connectivity index (χ4n) is 3.26. The van der Waals surface area contributed by atoms with Crippen LogP contribution in [0, 0.1) is 27.7 Å². The van der Waals surface area contributed by atoms with Crippen LogP contribution in [0.2, 0.25) is 0 Å². The van der Waals surface area contributed by atoms with E-state index in [0.717, 1.165) is 27.9 Å². The second kappa shape index (κ2) is 7.83. The molecule has 0 aliphatic carbocycles. The van der Waals surface area contributed by atoms with Gasteiger partial charge in [-0.3, -0.25) is 14.5 Å². The lowest BCUT2D eigenvalue weighted by molar-refractivity contribution is -0.114. The normalized spacial score (nSPS) is 16.8. The maximum absolute atomic E-state index is 12.6. The van der Waals surface area contributed by atoms with Crippen molar-refractivity contribution in [2.45, 2.75) is 34.6 Å². The van der Waals surface area contributed by atoms with E-state index in [-0.39, 0.29) is 23.2 Å². The van der Waals surface area contributed by atoms with Crippen molar-refractivity contribution in [1.82, 2.24) is 4.72 Å². The average Bonchev–Trinajstić information content (AvgIpc) is 2.87. The SMILES string of the molecule is CC1=C(c2ccc(C)c(C)c2)S(=O)(=O)NC1=NCC(=O)Nc1ccc(C)cc1C. The topological polar surface area (TPSA) is 87.6 Å². The van der Waals surface area contributed by atoms with Crippen molar-refractivity contribution in [2.75, 3.05) is 11.9 Å². The smallest absolute Gasteiger partial charge is 0.264 e. The molecule has 152 valence electrons. The lowest BCUT2D eigenvalue weighted by Crippen LogP contribution is -2.25. The second-order valence-corrected chi connectivity index (χ2v) is 9.01. The third-order valence-corrected chi connectivity index (χ3v) is 6.54. The number of benzene rings is 2.